The molecule has 4 rings (SSSR count). The molecule has 8 heteroatoms. The van der Waals surface area contributed by atoms with E-state index in [1.807, 2.05) is 26.0 Å². The number of rotatable bonds is 7. The number of nitrogens with two attached hydrogens (primary N) is 1. The fraction of sp³-hybridized carbons (Fsp3) is 0.381. The van der Waals surface area contributed by atoms with Gasteiger partial charge in [-0.3, -0.25) is 0 Å². The summed E-state index contributed by atoms with van der Waals surface area (Å²) >= 11 is 5.38. The first-order valence-electron chi connectivity index (χ1n) is 9.40. The first-order valence-corrected chi connectivity index (χ1v) is 11.4. The number of benzene rings is 2. The second-order valence-electron chi connectivity index (χ2n) is 7.41. The lowest BCUT2D eigenvalue weighted by Crippen LogP contribution is -2.33. The minimum atomic E-state index is -3.70. The maximum Gasteiger partial charge on any atom is 0.231 e. The largest absolute Gasteiger partial charge is 0.454 e. The molecular weight excluding hydrogens is 410 g/mol. The van der Waals surface area contributed by atoms with Gasteiger partial charge in [0.2, 0.25) is 6.79 Å². The van der Waals surface area contributed by atoms with E-state index >= 15 is 0 Å². The first kappa shape index (κ1) is 20.1. The third-order valence-electron chi connectivity index (χ3n) is 5.70. The van der Waals surface area contributed by atoms with Crippen molar-refractivity contribution in [1.29, 1.82) is 0 Å². The molecule has 3 atom stereocenters. The fourth-order valence-corrected chi connectivity index (χ4v) is 6.89. The highest BCUT2D eigenvalue weighted by Gasteiger charge is 2.73. The Bertz CT molecular complexity index is 1050. The molecule has 1 heterocycles. The van der Waals surface area contributed by atoms with Gasteiger partial charge >= 0.3 is 0 Å². The van der Waals surface area contributed by atoms with Gasteiger partial charge in [-0.25, -0.2) is 8.42 Å². The van der Waals surface area contributed by atoms with Gasteiger partial charge in [-0.15, -0.1) is 0 Å². The van der Waals surface area contributed by atoms with Crippen LogP contribution in [-0.2, 0) is 14.6 Å². The van der Waals surface area contributed by atoms with Crippen LogP contribution in [0.3, 0.4) is 0 Å². The summed E-state index contributed by atoms with van der Waals surface area (Å²) in [5.74, 6) is 0.805. The number of ether oxygens (including phenoxy) is 3. The van der Waals surface area contributed by atoms with Crippen LogP contribution in [0.15, 0.2) is 47.4 Å². The van der Waals surface area contributed by atoms with Crippen molar-refractivity contribution in [2.45, 2.75) is 29.9 Å². The van der Waals surface area contributed by atoms with Crippen LogP contribution in [0.2, 0.25) is 0 Å². The zero-order chi connectivity index (χ0) is 20.8. The van der Waals surface area contributed by atoms with Crippen molar-refractivity contribution in [3.8, 4) is 11.5 Å². The van der Waals surface area contributed by atoms with Crippen molar-refractivity contribution in [3.05, 3.63) is 53.6 Å². The van der Waals surface area contributed by atoms with Gasteiger partial charge in [0.1, 0.15) is 0 Å². The highest BCUT2D eigenvalue weighted by Crippen LogP contribution is 2.65. The van der Waals surface area contributed by atoms with Crippen molar-refractivity contribution < 1.29 is 22.6 Å². The zero-order valence-corrected chi connectivity index (χ0v) is 17.9. The molecule has 0 spiro atoms. The maximum atomic E-state index is 13.6. The highest BCUT2D eigenvalue weighted by molar-refractivity contribution is 7.92. The van der Waals surface area contributed by atoms with Crippen molar-refractivity contribution >= 4 is 27.0 Å². The minimum Gasteiger partial charge on any atom is -0.454 e. The number of hydrogen-bond acceptors (Lipinski definition) is 6. The van der Waals surface area contributed by atoms with Gasteiger partial charge in [0.25, 0.3) is 0 Å². The van der Waals surface area contributed by atoms with Crippen molar-refractivity contribution in [3.63, 3.8) is 0 Å². The van der Waals surface area contributed by atoms with Crippen LogP contribution >= 0.6 is 12.2 Å². The van der Waals surface area contributed by atoms with Crippen LogP contribution in [0.1, 0.15) is 24.0 Å². The van der Waals surface area contributed by atoms with Crippen LogP contribution in [0.4, 0.5) is 0 Å². The third kappa shape index (κ3) is 3.19. The quantitative estimate of drug-likeness (QED) is 0.672. The smallest absolute Gasteiger partial charge is 0.231 e. The highest BCUT2D eigenvalue weighted by atomic mass is 32.2. The van der Waals surface area contributed by atoms with Crippen molar-refractivity contribution in [1.82, 2.24) is 0 Å². The summed E-state index contributed by atoms with van der Waals surface area (Å²) < 4.78 is 43.7. The fourth-order valence-electron chi connectivity index (χ4n) is 4.12. The average Bonchev–Trinajstić information content (AvgIpc) is 3.18. The molecule has 0 amide bonds. The standard InChI is InChI=1S/C21H23NO5S2/c1-3-25-11-21(20(22)28)18(14-6-9-16-17(10-14)27-12-26-16)19(21)29(23,24)15-7-4-13(2)5-8-15/h4-10,18-19H,3,11-12H2,1-2H3,(H2,22,28). The van der Waals surface area contributed by atoms with Gasteiger partial charge in [0.15, 0.2) is 21.3 Å². The molecule has 2 aromatic carbocycles. The van der Waals surface area contributed by atoms with Crippen LogP contribution in [-0.4, -0.2) is 38.7 Å². The molecule has 154 valence electrons. The molecule has 1 aliphatic heterocycles. The van der Waals surface area contributed by atoms with Gasteiger partial charge < -0.3 is 19.9 Å². The van der Waals surface area contributed by atoms with Gasteiger partial charge in [0.05, 0.1) is 27.2 Å². The molecule has 0 aromatic heterocycles. The number of fused-ring (bicyclic) bond motifs is 1. The molecular formula is C21H23NO5S2. The lowest BCUT2D eigenvalue weighted by atomic mass is 9.99. The Morgan fingerprint density at radius 2 is 1.90 bits per heavy atom. The van der Waals surface area contributed by atoms with E-state index in [0.29, 0.717) is 18.1 Å². The van der Waals surface area contributed by atoms with Gasteiger partial charge in [-0.1, -0.05) is 36.0 Å². The molecule has 0 saturated heterocycles. The summed E-state index contributed by atoms with van der Waals surface area (Å²) in [6.45, 7) is 4.50. The number of thiocarbonyl (C=S) groups is 1. The number of sulfone groups is 1. The minimum absolute atomic E-state index is 0.147. The lowest BCUT2D eigenvalue weighted by molar-refractivity contribution is 0.121. The van der Waals surface area contributed by atoms with Crippen LogP contribution in [0, 0.1) is 12.3 Å². The summed E-state index contributed by atoms with van der Waals surface area (Å²) in [7, 11) is -3.70. The van der Waals surface area contributed by atoms with Crippen molar-refractivity contribution in [2.24, 2.45) is 11.1 Å². The van der Waals surface area contributed by atoms with E-state index in [0.717, 1.165) is 11.1 Å². The second-order valence-corrected chi connectivity index (χ2v) is 9.92. The van der Waals surface area contributed by atoms with Crippen molar-refractivity contribution in [2.75, 3.05) is 20.0 Å². The number of hydrogen-bond donors (Lipinski definition) is 1. The van der Waals surface area contributed by atoms with E-state index in [1.165, 1.54) is 0 Å². The molecule has 1 saturated carbocycles. The molecule has 2 aromatic rings. The molecule has 0 radical (unpaired) electrons. The summed E-state index contributed by atoms with van der Waals surface area (Å²) in [6.07, 6.45) is 0. The molecule has 29 heavy (non-hydrogen) atoms. The SMILES string of the molecule is CCOCC1(C(N)=S)C(c2ccc3c(c2)OCO3)C1S(=O)(=O)c1ccc(C)cc1. The summed E-state index contributed by atoms with van der Waals surface area (Å²) in [6, 6.07) is 12.3. The molecule has 6 nitrogen and oxygen atoms in total. The Kier molecular flexibility index (Phi) is 5.04. The van der Waals surface area contributed by atoms with Gasteiger partial charge in [0, 0.05) is 12.5 Å². The molecule has 0 bridgehead atoms. The Morgan fingerprint density at radius 3 is 2.55 bits per heavy atom. The maximum absolute atomic E-state index is 13.6. The topological polar surface area (TPSA) is 87.8 Å². The van der Waals surface area contributed by atoms with E-state index in [1.54, 1.807) is 30.3 Å². The lowest BCUT2D eigenvalue weighted by Gasteiger charge is -2.17. The zero-order valence-electron chi connectivity index (χ0n) is 16.3. The van der Waals surface area contributed by atoms with E-state index in [9.17, 15) is 8.42 Å². The summed E-state index contributed by atoms with van der Waals surface area (Å²) in [5.41, 5.74) is 6.95. The molecule has 2 N–H and O–H groups in total. The molecule has 3 unspecified atom stereocenters. The average molecular weight is 434 g/mol. The van der Waals surface area contributed by atoms with Gasteiger partial charge in [-0.2, -0.15) is 0 Å². The van der Waals surface area contributed by atoms with E-state index in [-0.39, 0.29) is 23.3 Å². The Hall–Kier alpha value is -2.16. The predicted octanol–water partition coefficient (Wildman–Crippen LogP) is 2.97. The van der Waals surface area contributed by atoms with E-state index < -0.39 is 26.4 Å². The first-order chi connectivity index (χ1) is 13.8. The third-order valence-corrected chi connectivity index (χ3v) is 8.37. The van der Waals surface area contributed by atoms with Crippen LogP contribution < -0.4 is 15.2 Å². The Labute approximate surface area is 175 Å². The molecule has 1 aliphatic carbocycles. The Balaban J connectivity index is 1.80. The predicted molar refractivity (Wildman–Crippen MR) is 113 cm³/mol. The summed E-state index contributed by atoms with van der Waals surface area (Å²) in [5, 5.41) is -0.804. The monoisotopic (exact) mass is 433 g/mol. The molecule has 2 aliphatic rings. The van der Waals surface area contributed by atoms with E-state index in [4.69, 9.17) is 32.2 Å². The van der Waals surface area contributed by atoms with Crippen LogP contribution in [0.5, 0.6) is 11.5 Å². The molecule has 1 fully saturated rings. The van der Waals surface area contributed by atoms with Gasteiger partial charge in [-0.05, 0) is 43.7 Å². The normalized spacial score (nSPS) is 25.0. The summed E-state index contributed by atoms with van der Waals surface area (Å²) in [4.78, 5) is 0.405. The number of aryl methyl sites for hydroxylation is 1. The van der Waals surface area contributed by atoms with Crippen LogP contribution in [0.25, 0.3) is 0 Å². The Morgan fingerprint density at radius 1 is 1.21 bits per heavy atom. The van der Waals surface area contributed by atoms with E-state index in [2.05, 4.69) is 0 Å². The second kappa shape index (κ2) is 7.27.